The van der Waals surface area contributed by atoms with Crippen molar-refractivity contribution in [2.24, 2.45) is 0 Å². The van der Waals surface area contributed by atoms with Gasteiger partial charge in [0.1, 0.15) is 18.4 Å². The van der Waals surface area contributed by atoms with Crippen molar-refractivity contribution in [1.82, 2.24) is 20.0 Å². The van der Waals surface area contributed by atoms with Gasteiger partial charge in [-0.25, -0.2) is 0 Å². The summed E-state index contributed by atoms with van der Waals surface area (Å²) in [6, 6.07) is 13.7. The Morgan fingerprint density at radius 2 is 1.77 bits per heavy atom. The number of nitrogens with one attached hydrogen (secondary N) is 1. The number of likely N-dealkylation sites (N-methyl/N-ethyl adjacent to an activating group) is 1. The Hall–Kier alpha value is -3.23. The molecule has 0 aliphatic carbocycles. The second kappa shape index (κ2) is 9.79. The number of carbonyl (C=O) groups excluding carboxylic acids is 3. The molecular formula is C27H32N4O4. The number of imide groups is 1. The maximum absolute atomic E-state index is 13.0. The first kappa shape index (κ1) is 23.5. The molecule has 2 fully saturated rings. The van der Waals surface area contributed by atoms with Crippen LogP contribution < -0.4 is 10.1 Å². The van der Waals surface area contributed by atoms with Gasteiger partial charge in [0, 0.05) is 49.8 Å². The summed E-state index contributed by atoms with van der Waals surface area (Å²) in [7, 11) is 2.17. The molecule has 2 aromatic rings. The Bertz CT molecular complexity index is 1120. The van der Waals surface area contributed by atoms with Gasteiger partial charge in [-0.15, -0.1) is 0 Å². The van der Waals surface area contributed by atoms with Crippen LogP contribution in [0.3, 0.4) is 0 Å². The zero-order valence-corrected chi connectivity index (χ0v) is 20.3. The topological polar surface area (TPSA) is 82.2 Å². The molecule has 35 heavy (non-hydrogen) atoms. The number of fused-ring (bicyclic) bond motifs is 1. The summed E-state index contributed by atoms with van der Waals surface area (Å²) in [4.78, 5) is 43.2. The van der Waals surface area contributed by atoms with Crippen LogP contribution in [-0.4, -0.2) is 71.7 Å². The first-order valence-electron chi connectivity index (χ1n) is 12.3. The van der Waals surface area contributed by atoms with Crippen LogP contribution in [0.1, 0.15) is 52.9 Å². The second-order valence-electron chi connectivity index (χ2n) is 9.73. The molecule has 2 saturated heterocycles. The zero-order valence-electron chi connectivity index (χ0n) is 20.3. The molecule has 0 aromatic heterocycles. The maximum atomic E-state index is 13.0. The molecule has 0 saturated carbocycles. The van der Waals surface area contributed by atoms with Gasteiger partial charge in [0.15, 0.2) is 0 Å². The number of hydrogen-bond donors (Lipinski definition) is 1. The van der Waals surface area contributed by atoms with Crippen molar-refractivity contribution in [3.8, 4) is 5.75 Å². The highest BCUT2D eigenvalue weighted by Gasteiger charge is 2.40. The summed E-state index contributed by atoms with van der Waals surface area (Å²) in [5, 5.41) is 2.34. The van der Waals surface area contributed by atoms with E-state index in [0.717, 1.165) is 37.3 Å². The van der Waals surface area contributed by atoms with Crippen molar-refractivity contribution >= 4 is 17.7 Å². The first-order chi connectivity index (χ1) is 16.9. The predicted molar refractivity (Wildman–Crippen MR) is 131 cm³/mol. The molecule has 0 bridgehead atoms. The van der Waals surface area contributed by atoms with Gasteiger partial charge >= 0.3 is 0 Å². The Labute approximate surface area is 205 Å². The van der Waals surface area contributed by atoms with Crippen LogP contribution in [-0.2, 0) is 22.7 Å². The van der Waals surface area contributed by atoms with Crippen molar-refractivity contribution in [3.05, 3.63) is 64.7 Å². The van der Waals surface area contributed by atoms with Gasteiger partial charge in [0.2, 0.25) is 11.8 Å². The van der Waals surface area contributed by atoms with Crippen LogP contribution >= 0.6 is 0 Å². The Balaban J connectivity index is 1.23. The molecule has 0 radical (unpaired) electrons. The van der Waals surface area contributed by atoms with Crippen molar-refractivity contribution in [1.29, 1.82) is 0 Å². The maximum Gasteiger partial charge on any atom is 0.255 e. The van der Waals surface area contributed by atoms with E-state index in [0.29, 0.717) is 36.9 Å². The quantitative estimate of drug-likeness (QED) is 0.645. The van der Waals surface area contributed by atoms with Crippen LogP contribution in [0.25, 0.3) is 0 Å². The molecule has 3 aliphatic rings. The van der Waals surface area contributed by atoms with Crippen LogP contribution in [0, 0.1) is 0 Å². The number of carbonyl (C=O) groups is 3. The van der Waals surface area contributed by atoms with Crippen LogP contribution in [0.4, 0.5) is 0 Å². The van der Waals surface area contributed by atoms with Gasteiger partial charge in [-0.3, -0.25) is 24.6 Å². The van der Waals surface area contributed by atoms with Gasteiger partial charge in [-0.2, -0.15) is 0 Å². The molecule has 2 atom stereocenters. The van der Waals surface area contributed by atoms with Crippen molar-refractivity contribution in [3.63, 3.8) is 0 Å². The SMILES string of the molecule is CC(c1ccc(COc2cccc3c2CN([C@H]2CCC(=O)NC2=O)C3=O)cc1)N1CCN(C)CC1. The molecule has 5 rings (SSSR count). The average molecular weight is 477 g/mol. The largest absolute Gasteiger partial charge is 0.489 e. The summed E-state index contributed by atoms with van der Waals surface area (Å²) in [5.74, 6) is -0.234. The standard InChI is InChI=1S/C27H32N4O4/c1-18(30-14-12-29(2)13-15-30)20-8-6-19(7-9-20)17-35-24-5-3-4-21-22(24)16-31(27(21)34)23-10-11-25(32)28-26(23)33/h3-9,18,23H,10-17H2,1-2H3,(H,28,32,33)/t18?,23-/m0/s1. The summed E-state index contributed by atoms with van der Waals surface area (Å²) in [6.45, 7) is 7.31. The van der Waals surface area contributed by atoms with E-state index in [1.807, 2.05) is 6.07 Å². The lowest BCUT2D eigenvalue weighted by Crippen LogP contribution is -2.52. The minimum atomic E-state index is -0.629. The van der Waals surface area contributed by atoms with Crippen molar-refractivity contribution in [2.75, 3.05) is 33.2 Å². The van der Waals surface area contributed by atoms with E-state index in [-0.39, 0.29) is 18.2 Å². The molecule has 184 valence electrons. The molecule has 1 unspecified atom stereocenters. The molecule has 3 amide bonds. The molecule has 3 aliphatic heterocycles. The fourth-order valence-corrected chi connectivity index (χ4v) is 5.17. The first-order valence-corrected chi connectivity index (χ1v) is 12.3. The summed E-state index contributed by atoms with van der Waals surface area (Å²) in [5.41, 5.74) is 3.71. The molecule has 1 N–H and O–H groups in total. The molecule has 0 spiro atoms. The number of hydrogen-bond acceptors (Lipinski definition) is 6. The fraction of sp³-hybridized carbons (Fsp3) is 0.444. The van der Waals surface area contributed by atoms with Crippen molar-refractivity contribution < 1.29 is 19.1 Å². The second-order valence-corrected chi connectivity index (χ2v) is 9.73. The van der Waals surface area contributed by atoms with E-state index in [2.05, 4.69) is 53.4 Å². The van der Waals surface area contributed by atoms with Gasteiger partial charge in [0.05, 0.1) is 6.54 Å². The number of piperazine rings is 1. The number of nitrogens with zero attached hydrogens (tertiary/aromatic N) is 3. The van der Waals surface area contributed by atoms with E-state index in [1.165, 1.54) is 5.56 Å². The lowest BCUT2D eigenvalue weighted by Gasteiger charge is -2.36. The molecule has 8 nitrogen and oxygen atoms in total. The Morgan fingerprint density at radius 3 is 2.49 bits per heavy atom. The number of rotatable bonds is 6. The third-order valence-electron chi connectivity index (χ3n) is 7.48. The van der Waals surface area contributed by atoms with E-state index in [1.54, 1.807) is 17.0 Å². The highest BCUT2D eigenvalue weighted by Crippen LogP contribution is 2.34. The van der Waals surface area contributed by atoms with Gasteiger partial charge in [-0.1, -0.05) is 30.3 Å². The van der Waals surface area contributed by atoms with E-state index >= 15 is 0 Å². The Morgan fingerprint density at radius 1 is 1.03 bits per heavy atom. The number of amides is 3. The van der Waals surface area contributed by atoms with Crippen LogP contribution in [0.15, 0.2) is 42.5 Å². The minimum Gasteiger partial charge on any atom is -0.489 e. The van der Waals surface area contributed by atoms with E-state index in [9.17, 15) is 14.4 Å². The lowest BCUT2D eigenvalue weighted by atomic mass is 10.0. The van der Waals surface area contributed by atoms with E-state index in [4.69, 9.17) is 4.74 Å². The van der Waals surface area contributed by atoms with Gasteiger partial charge < -0.3 is 14.5 Å². The monoisotopic (exact) mass is 476 g/mol. The third-order valence-corrected chi connectivity index (χ3v) is 7.48. The fourth-order valence-electron chi connectivity index (χ4n) is 5.17. The highest BCUT2D eigenvalue weighted by atomic mass is 16.5. The molecule has 8 heteroatoms. The Kier molecular flexibility index (Phi) is 6.58. The zero-order chi connectivity index (χ0) is 24.5. The highest BCUT2D eigenvalue weighted by molar-refractivity contribution is 6.05. The van der Waals surface area contributed by atoms with Gasteiger partial charge in [-0.05, 0) is 43.7 Å². The summed E-state index contributed by atoms with van der Waals surface area (Å²) >= 11 is 0. The normalized spacial score (nSPS) is 22.2. The minimum absolute atomic E-state index is 0.192. The smallest absolute Gasteiger partial charge is 0.255 e. The summed E-state index contributed by atoms with van der Waals surface area (Å²) in [6.07, 6.45) is 0.586. The molecule has 2 aromatic carbocycles. The summed E-state index contributed by atoms with van der Waals surface area (Å²) < 4.78 is 6.14. The van der Waals surface area contributed by atoms with Crippen molar-refractivity contribution in [2.45, 2.75) is 45.0 Å². The van der Waals surface area contributed by atoms with Crippen LogP contribution in [0.2, 0.25) is 0 Å². The number of benzene rings is 2. The van der Waals surface area contributed by atoms with Crippen LogP contribution in [0.5, 0.6) is 5.75 Å². The van der Waals surface area contributed by atoms with Gasteiger partial charge in [0.25, 0.3) is 5.91 Å². The molecular weight excluding hydrogens is 444 g/mol. The van der Waals surface area contributed by atoms with E-state index < -0.39 is 11.9 Å². The number of ether oxygens (including phenoxy) is 1. The lowest BCUT2D eigenvalue weighted by molar-refractivity contribution is -0.136. The number of piperidine rings is 1. The third kappa shape index (κ3) is 4.81. The predicted octanol–water partition coefficient (Wildman–Crippen LogP) is 2.33. The average Bonchev–Trinajstić information content (AvgIpc) is 3.20. The molecule has 3 heterocycles.